The third-order valence-electron chi connectivity index (χ3n) is 5.37. The maximum absolute atomic E-state index is 13.9. The second kappa shape index (κ2) is 8.56. The number of nitrogens with two attached hydrogens (primary N) is 1. The summed E-state index contributed by atoms with van der Waals surface area (Å²) < 4.78 is 93.3. The van der Waals surface area contributed by atoms with E-state index in [1.165, 1.54) is 0 Å². The highest BCUT2D eigenvalue weighted by Crippen LogP contribution is 2.43. The van der Waals surface area contributed by atoms with Crippen molar-refractivity contribution in [3.05, 3.63) is 57.9 Å². The molecule has 15 heteroatoms. The van der Waals surface area contributed by atoms with Gasteiger partial charge in [0.15, 0.2) is 17.2 Å². The Balaban J connectivity index is 2.33. The van der Waals surface area contributed by atoms with Crippen LogP contribution in [0.5, 0.6) is 0 Å². The van der Waals surface area contributed by atoms with Crippen molar-refractivity contribution in [2.45, 2.75) is 30.7 Å². The number of urea groups is 1. The Bertz CT molecular complexity index is 1140. The number of halogens is 8. The van der Waals surface area contributed by atoms with E-state index < -0.39 is 63.7 Å². The molecule has 1 aliphatic rings. The summed E-state index contributed by atoms with van der Waals surface area (Å²) in [5, 5.41) is 1.52. The number of carbonyl (C=O) groups is 2. The fourth-order valence-corrected chi connectivity index (χ4v) is 4.14. The molecule has 2 atom stereocenters. The van der Waals surface area contributed by atoms with E-state index in [4.69, 9.17) is 17.3 Å². The molecule has 3 heterocycles. The number of aromatic nitrogens is 2. The molecule has 0 radical (unpaired) electrons. The van der Waals surface area contributed by atoms with Crippen molar-refractivity contribution in [3.8, 4) is 0 Å². The molecule has 1 fully saturated rings. The molecule has 1 unspecified atom stereocenters. The van der Waals surface area contributed by atoms with Crippen LogP contribution in [0.4, 0.5) is 35.5 Å². The zero-order chi connectivity index (χ0) is 25.6. The van der Waals surface area contributed by atoms with Gasteiger partial charge in [-0.25, -0.2) is 14.2 Å². The van der Waals surface area contributed by atoms with E-state index in [9.17, 15) is 40.3 Å². The molecule has 3 N–H and O–H groups in total. The minimum Gasteiger partial charge on any atom is -0.352 e. The van der Waals surface area contributed by atoms with Crippen molar-refractivity contribution in [1.29, 1.82) is 0 Å². The number of nitrogens with one attached hydrogen (secondary N) is 1. The molecule has 0 bridgehead atoms. The maximum atomic E-state index is 13.9. The monoisotopic (exact) mass is 513 g/mol. The lowest BCUT2D eigenvalue weighted by molar-refractivity contribution is -0.144. The Labute approximate surface area is 192 Å². The van der Waals surface area contributed by atoms with E-state index in [0.29, 0.717) is 12.3 Å². The Morgan fingerprint density at radius 1 is 1.21 bits per heavy atom. The standard InChI is InChI=1S/C19H15ClF7N5O2/c1-17(15(33)29-4-5-32(17)16(28)34)12(8-6-9(20)13(30-7-8)18(22,23)24)11-3-2-10(21)14(31-11)19(25,26)27/h2-3,6-7,12H,4-5H2,1H3,(H2,28,34)(H,29,33)/t12-,17?/m1/s1. The average molecular weight is 514 g/mol. The molecule has 2 aromatic rings. The van der Waals surface area contributed by atoms with Gasteiger partial charge in [-0.05, 0) is 30.7 Å². The van der Waals surface area contributed by atoms with Crippen molar-refractivity contribution in [2.75, 3.05) is 13.1 Å². The zero-order valence-electron chi connectivity index (χ0n) is 17.1. The molecule has 184 valence electrons. The second-order valence-electron chi connectivity index (χ2n) is 7.49. The number of amides is 3. The first-order chi connectivity index (χ1) is 15.6. The van der Waals surface area contributed by atoms with Crippen LogP contribution in [-0.4, -0.2) is 45.4 Å². The molecule has 3 amide bonds. The minimum atomic E-state index is -5.24. The Kier molecular flexibility index (Phi) is 6.41. The van der Waals surface area contributed by atoms with Crippen LogP contribution in [-0.2, 0) is 17.1 Å². The Morgan fingerprint density at radius 2 is 1.82 bits per heavy atom. The maximum Gasteiger partial charge on any atom is 0.436 e. The number of pyridine rings is 2. The van der Waals surface area contributed by atoms with E-state index in [0.717, 1.165) is 24.0 Å². The fourth-order valence-electron chi connectivity index (χ4n) is 3.86. The largest absolute Gasteiger partial charge is 0.436 e. The first-order valence-electron chi connectivity index (χ1n) is 9.40. The third-order valence-corrected chi connectivity index (χ3v) is 5.65. The van der Waals surface area contributed by atoms with Gasteiger partial charge in [0.1, 0.15) is 5.54 Å². The molecule has 7 nitrogen and oxygen atoms in total. The van der Waals surface area contributed by atoms with E-state index in [-0.39, 0.29) is 18.7 Å². The van der Waals surface area contributed by atoms with Crippen molar-refractivity contribution in [1.82, 2.24) is 20.2 Å². The molecule has 0 saturated carbocycles. The number of carbonyl (C=O) groups excluding carboxylic acids is 2. The number of alkyl halides is 6. The second-order valence-corrected chi connectivity index (χ2v) is 7.89. The van der Waals surface area contributed by atoms with Gasteiger partial charge < -0.3 is 16.0 Å². The van der Waals surface area contributed by atoms with Gasteiger partial charge in [-0.15, -0.1) is 0 Å². The third kappa shape index (κ3) is 4.45. The van der Waals surface area contributed by atoms with E-state index in [2.05, 4.69) is 15.3 Å². The molecule has 0 aliphatic carbocycles. The lowest BCUT2D eigenvalue weighted by Crippen LogP contribution is -2.68. The number of piperazine rings is 1. The number of hydrogen-bond donors (Lipinski definition) is 2. The van der Waals surface area contributed by atoms with Crippen LogP contribution in [0.15, 0.2) is 24.4 Å². The van der Waals surface area contributed by atoms with Crippen LogP contribution >= 0.6 is 11.6 Å². The lowest BCUT2D eigenvalue weighted by atomic mass is 9.75. The smallest absolute Gasteiger partial charge is 0.352 e. The minimum absolute atomic E-state index is 0.0548. The van der Waals surface area contributed by atoms with Crippen LogP contribution in [0.1, 0.15) is 35.5 Å². The van der Waals surface area contributed by atoms with Crippen molar-refractivity contribution < 1.29 is 40.3 Å². The summed E-state index contributed by atoms with van der Waals surface area (Å²) in [6.07, 6.45) is -9.54. The van der Waals surface area contributed by atoms with Gasteiger partial charge in [0.05, 0.1) is 16.6 Å². The number of primary amides is 1. The molecular weight excluding hydrogens is 499 g/mol. The summed E-state index contributed by atoms with van der Waals surface area (Å²) in [6.45, 7) is 0.907. The normalized spacial score (nSPS) is 20.1. The fraction of sp³-hybridized carbons (Fsp3) is 0.368. The van der Waals surface area contributed by atoms with Gasteiger partial charge in [-0.1, -0.05) is 11.6 Å². The molecule has 34 heavy (non-hydrogen) atoms. The van der Waals surface area contributed by atoms with Crippen LogP contribution < -0.4 is 11.1 Å². The average Bonchev–Trinajstić information content (AvgIpc) is 2.69. The summed E-state index contributed by atoms with van der Waals surface area (Å²) in [5.41, 5.74) is -0.993. The van der Waals surface area contributed by atoms with Gasteiger partial charge in [0.2, 0.25) is 5.91 Å². The Morgan fingerprint density at radius 3 is 2.35 bits per heavy atom. The highest BCUT2D eigenvalue weighted by Gasteiger charge is 2.53. The highest BCUT2D eigenvalue weighted by molar-refractivity contribution is 6.31. The zero-order valence-corrected chi connectivity index (χ0v) is 17.8. The molecule has 3 rings (SSSR count). The van der Waals surface area contributed by atoms with Crippen LogP contribution in [0.2, 0.25) is 5.02 Å². The molecular formula is C19H15ClF7N5O2. The quantitative estimate of drug-likeness (QED) is 0.611. The predicted octanol–water partition coefficient (Wildman–Crippen LogP) is 3.71. The summed E-state index contributed by atoms with van der Waals surface area (Å²) in [4.78, 5) is 32.5. The first kappa shape index (κ1) is 25.5. The first-order valence-corrected chi connectivity index (χ1v) is 9.78. The summed E-state index contributed by atoms with van der Waals surface area (Å²) in [5.74, 6) is -4.28. The number of rotatable bonds is 3. The molecule has 0 aromatic carbocycles. The van der Waals surface area contributed by atoms with Crippen LogP contribution in [0.3, 0.4) is 0 Å². The molecule has 1 aliphatic heterocycles. The Hall–Kier alpha value is -3.16. The lowest BCUT2D eigenvalue weighted by Gasteiger charge is -2.47. The van der Waals surface area contributed by atoms with Crippen molar-refractivity contribution in [3.63, 3.8) is 0 Å². The summed E-state index contributed by atoms with van der Waals surface area (Å²) in [7, 11) is 0. The summed E-state index contributed by atoms with van der Waals surface area (Å²) >= 11 is 5.75. The van der Waals surface area contributed by atoms with Crippen molar-refractivity contribution >= 4 is 23.5 Å². The number of hydrogen-bond acceptors (Lipinski definition) is 4. The van der Waals surface area contributed by atoms with E-state index in [1.54, 1.807) is 0 Å². The van der Waals surface area contributed by atoms with E-state index >= 15 is 0 Å². The molecule has 1 saturated heterocycles. The molecule has 0 spiro atoms. The van der Waals surface area contributed by atoms with Crippen LogP contribution in [0, 0.1) is 5.82 Å². The van der Waals surface area contributed by atoms with Gasteiger partial charge in [-0.2, -0.15) is 26.3 Å². The highest BCUT2D eigenvalue weighted by atomic mass is 35.5. The van der Waals surface area contributed by atoms with Gasteiger partial charge in [0.25, 0.3) is 0 Å². The van der Waals surface area contributed by atoms with Gasteiger partial charge in [0, 0.05) is 19.3 Å². The van der Waals surface area contributed by atoms with Gasteiger partial charge in [-0.3, -0.25) is 9.78 Å². The van der Waals surface area contributed by atoms with Crippen LogP contribution in [0.25, 0.3) is 0 Å². The topological polar surface area (TPSA) is 101 Å². The molecule has 2 aromatic heterocycles. The van der Waals surface area contributed by atoms with E-state index in [1.807, 2.05) is 0 Å². The summed E-state index contributed by atoms with van der Waals surface area (Å²) in [6, 6.07) is 0.863. The van der Waals surface area contributed by atoms with Crippen molar-refractivity contribution in [2.24, 2.45) is 5.73 Å². The number of nitrogens with zero attached hydrogens (tertiary/aromatic N) is 3. The predicted molar refractivity (Wildman–Crippen MR) is 103 cm³/mol. The van der Waals surface area contributed by atoms with Gasteiger partial charge >= 0.3 is 18.4 Å². The SMILES string of the molecule is CC1([C@H](c2cnc(C(F)(F)F)c(Cl)c2)c2ccc(F)c(C(F)(F)F)n2)C(=O)NCCN1C(N)=O.